The van der Waals surface area contributed by atoms with Crippen molar-refractivity contribution in [2.75, 3.05) is 37.4 Å². The maximum Gasteiger partial charge on any atom is 0.0907 e. The Labute approximate surface area is 123 Å². The number of aryl methyl sites for hydroxylation is 1. The van der Waals surface area contributed by atoms with Gasteiger partial charge in [0.25, 0.3) is 0 Å². The summed E-state index contributed by atoms with van der Waals surface area (Å²) < 4.78 is 6.72. The molecule has 0 bridgehead atoms. The zero-order chi connectivity index (χ0) is 14.1. The summed E-state index contributed by atoms with van der Waals surface area (Å²) >= 11 is 1.69. The third-order valence-electron chi connectivity index (χ3n) is 3.84. The van der Waals surface area contributed by atoms with Crippen molar-refractivity contribution in [1.29, 1.82) is 0 Å². The Balaban J connectivity index is 1.82. The molecular formula is C15H21N3OS. The number of ether oxygens (including phenoxy) is 1. The number of hydrogen-bond acceptors (Lipinski definition) is 5. The molecule has 4 nitrogen and oxygen atoms in total. The molecular weight excluding hydrogens is 270 g/mol. The summed E-state index contributed by atoms with van der Waals surface area (Å²) in [7, 11) is 2.10. The van der Waals surface area contributed by atoms with E-state index >= 15 is 0 Å². The summed E-state index contributed by atoms with van der Waals surface area (Å²) in [6.07, 6.45) is 2.40. The van der Waals surface area contributed by atoms with Gasteiger partial charge in [-0.25, -0.2) is 4.98 Å². The Hall–Kier alpha value is -1.33. The molecule has 0 aliphatic carbocycles. The predicted octanol–water partition coefficient (Wildman–Crippen LogP) is 3.05. The molecule has 1 aliphatic heterocycles. The summed E-state index contributed by atoms with van der Waals surface area (Å²) in [4.78, 5) is 6.79. The normalized spacial score (nSPS) is 19.4. The van der Waals surface area contributed by atoms with E-state index < -0.39 is 0 Å². The number of nitrogens with two attached hydrogens (primary N) is 1. The Morgan fingerprint density at radius 2 is 2.35 bits per heavy atom. The molecule has 2 heterocycles. The maximum atomic E-state index is 6.21. The van der Waals surface area contributed by atoms with Crippen LogP contribution in [0.3, 0.4) is 0 Å². The van der Waals surface area contributed by atoms with Crippen molar-refractivity contribution in [2.45, 2.75) is 19.8 Å². The van der Waals surface area contributed by atoms with Crippen molar-refractivity contribution < 1.29 is 4.74 Å². The van der Waals surface area contributed by atoms with Gasteiger partial charge in [-0.15, -0.1) is 11.3 Å². The van der Waals surface area contributed by atoms with E-state index in [9.17, 15) is 0 Å². The number of nitrogen functional groups attached to an aromatic ring is 1. The third-order valence-corrected chi connectivity index (χ3v) is 4.78. The summed E-state index contributed by atoms with van der Waals surface area (Å²) in [5.41, 5.74) is 9.16. The minimum Gasteiger partial charge on any atom is -0.397 e. The summed E-state index contributed by atoms with van der Waals surface area (Å²) in [6, 6.07) is 4.15. The van der Waals surface area contributed by atoms with Crippen molar-refractivity contribution in [1.82, 2.24) is 4.98 Å². The number of nitrogens with zero attached hydrogens (tertiary/aromatic N) is 2. The fourth-order valence-corrected chi connectivity index (χ4v) is 3.72. The van der Waals surface area contributed by atoms with Crippen molar-refractivity contribution in [2.24, 2.45) is 5.92 Å². The number of rotatable bonds is 3. The molecule has 1 saturated heterocycles. The van der Waals surface area contributed by atoms with Gasteiger partial charge in [0.05, 0.1) is 33.2 Å². The van der Waals surface area contributed by atoms with Gasteiger partial charge < -0.3 is 15.4 Å². The number of aromatic nitrogens is 1. The maximum absolute atomic E-state index is 6.21. The minimum absolute atomic E-state index is 0.598. The standard InChI is InChI=1S/C15H21N3OS/c1-10-17-13-7-14(12(16)6-15(13)20-10)18(2)8-11-4-3-5-19-9-11/h6-7,11H,3-5,8-9,16H2,1-2H3. The van der Waals surface area contributed by atoms with E-state index in [1.54, 1.807) is 11.3 Å². The van der Waals surface area contributed by atoms with Crippen molar-refractivity contribution in [3.8, 4) is 0 Å². The van der Waals surface area contributed by atoms with Gasteiger partial charge in [-0.2, -0.15) is 0 Å². The molecule has 1 atom stereocenters. The van der Waals surface area contributed by atoms with Crippen molar-refractivity contribution >= 4 is 32.9 Å². The number of hydrogen-bond donors (Lipinski definition) is 1. The SMILES string of the molecule is Cc1nc2cc(N(C)CC3CCCOC3)c(N)cc2s1. The van der Waals surface area contributed by atoms with Gasteiger partial charge in [0.15, 0.2) is 0 Å². The van der Waals surface area contributed by atoms with Crippen LogP contribution < -0.4 is 10.6 Å². The Morgan fingerprint density at radius 1 is 1.50 bits per heavy atom. The first-order valence-corrected chi connectivity index (χ1v) is 7.90. The van der Waals surface area contributed by atoms with Crippen LogP contribution in [0.4, 0.5) is 11.4 Å². The van der Waals surface area contributed by atoms with E-state index in [-0.39, 0.29) is 0 Å². The van der Waals surface area contributed by atoms with Crippen LogP contribution in [-0.2, 0) is 4.74 Å². The van der Waals surface area contributed by atoms with Crippen LogP contribution in [-0.4, -0.2) is 31.8 Å². The Bertz CT molecular complexity index is 604. The monoisotopic (exact) mass is 291 g/mol. The van der Waals surface area contributed by atoms with Crippen LogP contribution in [0, 0.1) is 12.8 Å². The largest absolute Gasteiger partial charge is 0.397 e. The molecule has 0 amide bonds. The molecule has 3 rings (SSSR count). The van der Waals surface area contributed by atoms with E-state index in [1.165, 1.54) is 6.42 Å². The summed E-state index contributed by atoms with van der Waals surface area (Å²) in [6.45, 7) is 4.79. The zero-order valence-electron chi connectivity index (χ0n) is 12.1. The average molecular weight is 291 g/mol. The number of thiazole rings is 1. The first-order chi connectivity index (χ1) is 9.63. The lowest BCUT2D eigenvalue weighted by atomic mass is 10.0. The highest BCUT2D eigenvalue weighted by molar-refractivity contribution is 7.18. The van der Waals surface area contributed by atoms with E-state index in [4.69, 9.17) is 10.5 Å². The van der Waals surface area contributed by atoms with Crippen molar-refractivity contribution in [3.63, 3.8) is 0 Å². The molecule has 0 saturated carbocycles. The fourth-order valence-electron chi connectivity index (χ4n) is 2.86. The molecule has 1 aromatic carbocycles. The molecule has 5 heteroatoms. The molecule has 2 N–H and O–H groups in total. The summed E-state index contributed by atoms with van der Waals surface area (Å²) in [5, 5.41) is 1.08. The van der Waals surface area contributed by atoms with Gasteiger partial charge in [0.1, 0.15) is 0 Å². The van der Waals surface area contributed by atoms with Gasteiger partial charge in [-0.1, -0.05) is 0 Å². The minimum atomic E-state index is 0.598. The van der Waals surface area contributed by atoms with E-state index in [1.807, 2.05) is 13.0 Å². The van der Waals surface area contributed by atoms with E-state index in [0.29, 0.717) is 5.92 Å². The Morgan fingerprint density at radius 3 is 3.10 bits per heavy atom. The number of anilines is 2. The first kappa shape index (κ1) is 13.6. The van der Waals surface area contributed by atoms with Gasteiger partial charge in [-0.05, 0) is 37.8 Å². The predicted molar refractivity (Wildman–Crippen MR) is 85.6 cm³/mol. The Kier molecular flexibility index (Phi) is 3.81. The van der Waals surface area contributed by atoms with Gasteiger partial charge in [0, 0.05) is 20.2 Å². The molecule has 1 fully saturated rings. The van der Waals surface area contributed by atoms with Crippen molar-refractivity contribution in [3.05, 3.63) is 17.1 Å². The van der Waals surface area contributed by atoms with E-state index in [0.717, 1.165) is 52.8 Å². The zero-order valence-corrected chi connectivity index (χ0v) is 12.9. The van der Waals surface area contributed by atoms with Crippen LogP contribution in [0.5, 0.6) is 0 Å². The molecule has 0 radical (unpaired) electrons. The second kappa shape index (κ2) is 5.58. The topological polar surface area (TPSA) is 51.4 Å². The van der Waals surface area contributed by atoms with Gasteiger partial charge in [-0.3, -0.25) is 0 Å². The second-order valence-electron chi connectivity index (χ2n) is 5.58. The van der Waals surface area contributed by atoms with Crippen LogP contribution in [0.2, 0.25) is 0 Å². The molecule has 0 spiro atoms. The average Bonchev–Trinajstić information content (AvgIpc) is 2.78. The van der Waals surface area contributed by atoms with Gasteiger partial charge >= 0.3 is 0 Å². The molecule has 20 heavy (non-hydrogen) atoms. The highest BCUT2D eigenvalue weighted by Crippen LogP contribution is 2.32. The van der Waals surface area contributed by atoms with Crippen LogP contribution in [0.25, 0.3) is 10.2 Å². The third kappa shape index (κ3) is 2.74. The highest BCUT2D eigenvalue weighted by Gasteiger charge is 2.18. The quantitative estimate of drug-likeness (QED) is 0.883. The molecule has 2 aromatic rings. The smallest absolute Gasteiger partial charge is 0.0907 e. The molecule has 108 valence electrons. The lowest BCUT2D eigenvalue weighted by Crippen LogP contribution is -2.31. The summed E-state index contributed by atoms with van der Waals surface area (Å²) in [5.74, 6) is 0.598. The number of fused-ring (bicyclic) bond motifs is 1. The van der Waals surface area contributed by atoms with Crippen LogP contribution in [0.15, 0.2) is 12.1 Å². The highest BCUT2D eigenvalue weighted by atomic mass is 32.1. The first-order valence-electron chi connectivity index (χ1n) is 7.09. The fraction of sp³-hybridized carbons (Fsp3) is 0.533. The lowest BCUT2D eigenvalue weighted by Gasteiger charge is -2.29. The lowest BCUT2D eigenvalue weighted by molar-refractivity contribution is 0.0576. The van der Waals surface area contributed by atoms with Crippen LogP contribution >= 0.6 is 11.3 Å². The molecule has 1 unspecified atom stereocenters. The molecule has 1 aliphatic rings. The number of benzene rings is 1. The van der Waals surface area contributed by atoms with Gasteiger partial charge in [0.2, 0.25) is 0 Å². The second-order valence-corrected chi connectivity index (χ2v) is 6.81. The van der Waals surface area contributed by atoms with Crippen LogP contribution in [0.1, 0.15) is 17.8 Å². The van der Waals surface area contributed by atoms with E-state index in [2.05, 4.69) is 23.0 Å². The molecule has 1 aromatic heterocycles.